The maximum absolute atomic E-state index is 5.85. The average Bonchev–Trinajstić information content (AvgIpc) is 2.66. The molecular formula is C25H38O2. The predicted octanol–water partition coefficient (Wildman–Crippen LogP) is 7.23. The van der Waals surface area contributed by atoms with Crippen LogP contribution in [0.25, 0.3) is 0 Å². The monoisotopic (exact) mass is 370 g/mol. The van der Waals surface area contributed by atoms with E-state index in [1.54, 1.807) is 14.2 Å². The van der Waals surface area contributed by atoms with Gasteiger partial charge in [-0.2, -0.15) is 0 Å². The van der Waals surface area contributed by atoms with Crippen LogP contribution in [0.1, 0.15) is 82.8 Å². The van der Waals surface area contributed by atoms with Gasteiger partial charge in [-0.25, -0.2) is 0 Å². The minimum Gasteiger partial charge on any atom is -0.496 e. The van der Waals surface area contributed by atoms with E-state index in [0.29, 0.717) is 5.92 Å². The van der Waals surface area contributed by atoms with Crippen molar-refractivity contribution in [3.63, 3.8) is 0 Å². The first-order valence-electron chi connectivity index (χ1n) is 10.6. The molecule has 2 nitrogen and oxygen atoms in total. The van der Waals surface area contributed by atoms with Gasteiger partial charge in [-0.05, 0) is 63.1 Å². The Labute approximate surface area is 166 Å². The number of allylic oxidation sites excluding steroid dienone is 3. The summed E-state index contributed by atoms with van der Waals surface area (Å²) < 4.78 is 11.7. The minimum atomic E-state index is 0.278. The van der Waals surface area contributed by atoms with Crippen LogP contribution in [-0.4, -0.2) is 14.2 Å². The molecule has 0 bridgehead atoms. The highest BCUT2D eigenvalue weighted by molar-refractivity contribution is 5.53. The van der Waals surface area contributed by atoms with E-state index in [-0.39, 0.29) is 5.92 Å². The van der Waals surface area contributed by atoms with Gasteiger partial charge >= 0.3 is 0 Å². The lowest BCUT2D eigenvalue weighted by Gasteiger charge is -2.32. The summed E-state index contributed by atoms with van der Waals surface area (Å²) in [5.41, 5.74) is 5.18. The van der Waals surface area contributed by atoms with Gasteiger partial charge < -0.3 is 9.47 Å². The molecule has 0 N–H and O–H groups in total. The molecule has 2 atom stereocenters. The van der Waals surface area contributed by atoms with Crippen LogP contribution in [0.5, 0.6) is 11.5 Å². The summed E-state index contributed by atoms with van der Waals surface area (Å²) in [7, 11) is 3.55. The Kier molecular flexibility index (Phi) is 8.47. The zero-order valence-electron chi connectivity index (χ0n) is 18.1. The van der Waals surface area contributed by atoms with Gasteiger partial charge in [0.25, 0.3) is 0 Å². The molecular weight excluding hydrogens is 332 g/mol. The van der Waals surface area contributed by atoms with E-state index in [1.807, 2.05) is 0 Å². The Morgan fingerprint density at radius 3 is 2.26 bits per heavy atom. The molecule has 27 heavy (non-hydrogen) atoms. The molecule has 2 heteroatoms. The standard InChI is InChI=1S/C25H38O2/c1-7-8-9-10-11-12-20-16-23(26-5)25(24(17-20)27-6)22-15-19(4)13-14-21(22)18(2)3/h15-17,21-22H,2,7-14H2,1,3-6H3/t21-,22+/m0/s1. The summed E-state index contributed by atoms with van der Waals surface area (Å²) in [6.07, 6.45) is 12.2. The third kappa shape index (κ3) is 5.64. The number of benzene rings is 1. The third-order valence-corrected chi connectivity index (χ3v) is 5.89. The molecule has 0 saturated carbocycles. The number of aryl methyl sites for hydroxylation is 1. The first-order chi connectivity index (χ1) is 13.0. The maximum Gasteiger partial charge on any atom is 0.126 e. The highest BCUT2D eigenvalue weighted by Gasteiger charge is 2.30. The molecule has 0 saturated heterocycles. The van der Waals surface area contributed by atoms with Crippen LogP contribution in [0, 0.1) is 5.92 Å². The van der Waals surface area contributed by atoms with Crippen molar-refractivity contribution in [2.75, 3.05) is 14.2 Å². The molecule has 0 amide bonds. The van der Waals surface area contributed by atoms with E-state index in [4.69, 9.17) is 9.47 Å². The maximum atomic E-state index is 5.85. The van der Waals surface area contributed by atoms with E-state index in [1.165, 1.54) is 54.4 Å². The molecule has 150 valence electrons. The van der Waals surface area contributed by atoms with Crippen molar-refractivity contribution in [2.45, 2.75) is 78.1 Å². The number of ether oxygens (including phenoxy) is 2. The predicted molar refractivity (Wildman–Crippen MR) is 116 cm³/mol. The molecule has 2 rings (SSSR count). The van der Waals surface area contributed by atoms with Gasteiger partial charge in [-0.3, -0.25) is 0 Å². The second-order valence-corrected chi connectivity index (χ2v) is 8.11. The lowest BCUT2D eigenvalue weighted by Crippen LogP contribution is -2.18. The Morgan fingerprint density at radius 2 is 1.70 bits per heavy atom. The van der Waals surface area contributed by atoms with Crippen molar-refractivity contribution in [2.24, 2.45) is 5.92 Å². The number of methoxy groups -OCH3 is 2. The fourth-order valence-corrected chi connectivity index (χ4v) is 4.30. The molecule has 0 radical (unpaired) electrons. The largest absolute Gasteiger partial charge is 0.496 e. The second kappa shape index (κ2) is 10.6. The summed E-state index contributed by atoms with van der Waals surface area (Å²) >= 11 is 0. The Balaban J connectivity index is 2.32. The summed E-state index contributed by atoms with van der Waals surface area (Å²) in [6, 6.07) is 4.45. The van der Waals surface area contributed by atoms with Crippen LogP contribution in [0.15, 0.2) is 35.9 Å². The molecule has 0 heterocycles. The number of hydrogen-bond donors (Lipinski definition) is 0. The normalized spacial score (nSPS) is 19.5. The van der Waals surface area contributed by atoms with E-state index in [9.17, 15) is 0 Å². The van der Waals surface area contributed by atoms with Gasteiger partial charge in [0.15, 0.2) is 0 Å². The third-order valence-electron chi connectivity index (χ3n) is 5.89. The molecule has 1 aromatic rings. The highest BCUT2D eigenvalue weighted by Crippen LogP contribution is 2.47. The zero-order chi connectivity index (χ0) is 19.8. The molecule has 1 aliphatic rings. The van der Waals surface area contributed by atoms with Gasteiger partial charge in [0.05, 0.1) is 14.2 Å². The van der Waals surface area contributed by atoms with Crippen molar-refractivity contribution in [1.82, 2.24) is 0 Å². The Morgan fingerprint density at radius 1 is 1.07 bits per heavy atom. The first-order valence-corrected chi connectivity index (χ1v) is 10.6. The summed E-state index contributed by atoms with van der Waals surface area (Å²) in [6.45, 7) is 10.9. The van der Waals surface area contributed by atoms with E-state index in [0.717, 1.165) is 30.8 Å². The van der Waals surface area contributed by atoms with E-state index < -0.39 is 0 Å². The summed E-state index contributed by atoms with van der Waals surface area (Å²) in [4.78, 5) is 0. The Bertz CT molecular complexity index is 631. The molecule has 1 aliphatic carbocycles. The van der Waals surface area contributed by atoms with Crippen molar-refractivity contribution in [3.05, 3.63) is 47.1 Å². The smallest absolute Gasteiger partial charge is 0.126 e. The fraction of sp³-hybridized carbons (Fsp3) is 0.600. The van der Waals surface area contributed by atoms with Crippen molar-refractivity contribution < 1.29 is 9.47 Å². The Hall–Kier alpha value is -1.70. The van der Waals surface area contributed by atoms with Crippen LogP contribution < -0.4 is 9.47 Å². The average molecular weight is 371 g/mol. The van der Waals surface area contributed by atoms with Crippen molar-refractivity contribution >= 4 is 0 Å². The van der Waals surface area contributed by atoms with Crippen LogP contribution in [0.3, 0.4) is 0 Å². The van der Waals surface area contributed by atoms with Gasteiger partial charge in [-0.1, -0.05) is 56.4 Å². The van der Waals surface area contributed by atoms with Gasteiger partial charge in [0.2, 0.25) is 0 Å². The summed E-state index contributed by atoms with van der Waals surface area (Å²) in [5, 5.41) is 0. The first kappa shape index (κ1) is 21.6. The van der Waals surface area contributed by atoms with Crippen LogP contribution >= 0.6 is 0 Å². The van der Waals surface area contributed by atoms with Crippen LogP contribution in [0.2, 0.25) is 0 Å². The van der Waals surface area contributed by atoms with E-state index >= 15 is 0 Å². The zero-order valence-corrected chi connectivity index (χ0v) is 18.1. The van der Waals surface area contributed by atoms with Gasteiger partial charge in [0, 0.05) is 11.5 Å². The number of rotatable bonds is 10. The molecule has 0 aromatic heterocycles. The lowest BCUT2D eigenvalue weighted by molar-refractivity contribution is 0.368. The molecule has 1 aromatic carbocycles. The molecule has 0 aliphatic heterocycles. The highest BCUT2D eigenvalue weighted by atomic mass is 16.5. The van der Waals surface area contributed by atoms with E-state index in [2.05, 4.69) is 45.6 Å². The summed E-state index contributed by atoms with van der Waals surface area (Å²) in [5.74, 6) is 2.64. The van der Waals surface area contributed by atoms with Gasteiger partial charge in [-0.15, -0.1) is 0 Å². The molecule has 0 spiro atoms. The SMILES string of the molecule is C=C(C)[C@@H]1CCC(C)=C[C@H]1c1c(OC)cc(CCCCCCC)cc1OC. The number of hydrogen-bond acceptors (Lipinski definition) is 2. The minimum absolute atomic E-state index is 0.278. The van der Waals surface area contributed by atoms with Gasteiger partial charge in [0.1, 0.15) is 11.5 Å². The quantitative estimate of drug-likeness (QED) is 0.319. The topological polar surface area (TPSA) is 18.5 Å². The molecule has 0 fully saturated rings. The van der Waals surface area contributed by atoms with Crippen LogP contribution in [-0.2, 0) is 6.42 Å². The van der Waals surface area contributed by atoms with Crippen molar-refractivity contribution in [3.8, 4) is 11.5 Å². The number of unbranched alkanes of at least 4 members (excludes halogenated alkanes) is 4. The van der Waals surface area contributed by atoms with Crippen LogP contribution in [0.4, 0.5) is 0 Å². The fourth-order valence-electron chi connectivity index (χ4n) is 4.30. The lowest BCUT2D eigenvalue weighted by atomic mass is 9.73. The molecule has 0 unspecified atom stereocenters. The second-order valence-electron chi connectivity index (χ2n) is 8.11. The van der Waals surface area contributed by atoms with Crippen molar-refractivity contribution in [1.29, 1.82) is 0 Å².